The lowest BCUT2D eigenvalue weighted by Crippen LogP contribution is -2.49. The summed E-state index contributed by atoms with van der Waals surface area (Å²) in [5.74, 6) is 0. The van der Waals surface area contributed by atoms with E-state index in [1.807, 2.05) is 17.5 Å². The second-order valence-electron chi connectivity index (χ2n) is 4.21. The monoisotopic (exact) mass is 248 g/mol. The molecule has 0 amide bonds. The number of hydrogen-bond acceptors (Lipinski definition) is 5. The van der Waals surface area contributed by atoms with Gasteiger partial charge in [0.2, 0.25) is 0 Å². The molecule has 0 radical (unpaired) electrons. The van der Waals surface area contributed by atoms with Crippen LogP contribution < -0.4 is 0 Å². The van der Waals surface area contributed by atoms with Crippen LogP contribution in [0.4, 0.5) is 0 Å². The minimum Gasteiger partial charge on any atom is -0.395 e. The molecule has 3 heterocycles. The summed E-state index contributed by atoms with van der Waals surface area (Å²) >= 11 is 1.59. The Bertz CT molecular complexity index is 503. The number of thiazole rings is 1. The number of rotatable bonds is 3. The van der Waals surface area contributed by atoms with E-state index in [0.717, 1.165) is 16.3 Å². The van der Waals surface area contributed by atoms with Gasteiger partial charge in [-0.15, -0.1) is 11.3 Å². The third-order valence-electron chi connectivity index (χ3n) is 3.03. The number of nitrogens with zero attached hydrogens (tertiary/aromatic N) is 2. The molecule has 0 atom stereocenters. The lowest BCUT2D eigenvalue weighted by molar-refractivity contribution is -0.0859. The van der Waals surface area contributed by atoms with Gasteiger partial charge in [0.25, 0.3) is 0 Å². The first-order valence-corrected chi connectivity index (χ1v) is 6.27. The van der Waals surface area contributed by atoms with Crippen LogP contribution in [-0.2, 0) is 10.2 Å². The molecule has 1 fully saturated rings. The first-order valence-electron chi connectivity index (χ1n) is 5.39. The zero-order chi connectivity index (χ0) is 11.7. The molecule has 0 saturated carbocycles. The van der Waals surface area contributed by atoms with Gasteiger partial charge in [-0.25, -0.2) is 4.98 Å². The third kappa shape index (κ3) is 1.76. The molecule has 88 valence electrons. The van der Waals surface area contributed by atoms with Crippen molar-refractivity contribution in [2.75, 3.05) is 19.8 Å². The van der Waals surface area contributed by atoms with Gasteiger partial charge in [-0.05, 0) is 12.1 Å². The average molecular weight is 248 g/mol. The maximum absolute atomic E-state index is 9.44. The summed E-state index contributed by atoms with van der Waals surface area (Å²) in [4.78, 5) is 8.58. The molecule has 1 N–H and O–H groups in total. The highest BCUT2D eigenvalue weighted by atomic mass is 32.1. The van der Waals surface area contributed by atoms with Crippen LogP contribution in [0, 0.1) is 0 Å². The topological polar surface area (TPSA) is 55.2 Å². The Morgan fingerprint density at radius 2 is 2.12 bits per heavy atom. The fourth-order valence-electron chi connectivity index (χ4n) is 1.81. The average Bonchev–Trinajstić information content (AvgIpc) is 2.80. The second kappa shape index (κ2) is 4.18. The van der Waals surface area contributed by atoms with Gasteiger partial charge < -0.3 is 9.84 Å². The minimum absolute atomic E-state index is 0.0898. The van der Waals surface area contributed by atoms with Gasteiger partial charge >= 0.3 is 0 Å². The number of pyridine rings is 1. The minimum atomic E-state index is -0.276. The van der Waals surface area contributed by atoms with Crippen LogP contribution in [0.5, 0.6) is 0 Å². The van der Waals surface area contributed by atoms with E-state index in [1.54, 1.807) is 23.7 Å². The number of aliphatic hydroxyl groups excluding tert-OH is 1. The van der Waals surface area contributed by atoms with Gasteiger partial charge in [0, 0.05) is 23.3 Å². The Hall–Kier alpha value is -1.30. The Kier molecular flexibility index (Phi) is 2.66. The predicted octanol–water partition coefficient (Wildman–Crippen LogP) is 1.47. The Balaban J connectivity index is 1.93. The van der Waals surface area contributed by atoms with E-state index in [1.165, 1.54) is 0 Å². The molecule has 2 aromatic heterocycles. The van der Waals surface area contributed by atoms with Crippen molar-refractivity contribution < 1.29 is 9.84 Å². The van der Waals surface area contributed by atoms with E-state index in [-0.39, 0.29) is 12.0 Å². The second-order valence-corrected chi connectivity index (χ2v) is 5.06. The molecule has 0 spiro atoms. The standard InChI is InChI=1S/C12H12N2O2S/c15-6-12(7-16-8-12)10-5-17-11(14-10)9-1-3-13-4-2-9/h1-5,15H,6-8H2. The van der Waals surface area contributed by atoms with E-state index in [0.29, 0.717) is 13.2 Å². The molecule has 0 unspecified atom stereocenters. The van der Waals surface area contributed by atoms with Gasteiger partial charge in [0.1, 0.15) is 5.01 Å². The van der Waals surface area contributed by atoms with Gasteiger partial charge in [-0.1, -0.05) is 0 Å². The van der Waals surface area contributed by atoms with E-state index < -0.39 is 0 Å². The van der Waals surface area contributed by atoms with Crippen molar-refractivity contribution in [1.82, 2.24) is 9.97 Å². The molecular weight excluding hydrogens is 236 g/mol. The van der Waals surface area contributed by atoms with Crippen molar-refractivity contribution in [1.29, 1.82) is 0 Å². The molecule has 4 nitrogen and oxygen atoms in total. The highest BCUT2D eigenvalue weighted by Crippen LogP contribution is 2.34. The molecule has 1 aliphatic heterocycles. The molecule has 3 rings (SSSR count). The lowest BCUT2D eigenvalue weighted by atomic mass is 9.84. The van der Waals surface area contributed by atoms with Gasteiger partial charge in [0.15, 0.2) is 0 Å². The molecule has 0 aliphatic carbocycles. The van der Waals surface area contributed by atoms with Crippen LogP contribution in [-0.4, -0.2) is 34.9 Å². The van der Waals surface area contributed by atoms with E-state index in [9.17, 15) is 5.11 Å². The Labute approximate surface area is 103 Å². The largest absolute Gasteiger partial charge is 0.395 e. The maximum atomic E-state index is 9.44. The molecular formula is C12H12N2O2S. The van der Waals surface area contributed by atoms with Crippen molar-refractivity contribution in [3.8, 4) is 10.6 Å². The smallest absolute Gasteiger partial charge is 0.123 e. The van der Waals surface area contributed by atoms with Crippen LogP contribution >= 0.6 is 11.3 Å². The first kappa shape index (κ1) is 10.8. The Morgan fingerprint density at radius 1 is 1.35 bits per heavy atom. The van der Waals surface area contributed by atoms with Crippen LogP contribution in [0.1, 0.15) is 5.69 Å². The predicted molar refractivity (Wildman–Crippen MR) is 64.9 cm³/mol. The normalized spacial score (nSPS) is 17.7. The fourth-order valence-corrected chi connectivity index (χ4v) is 2.76. The number of aromatic nitrogens is 2. The summed E-state index contributed by atoms with van der Waals surface area (Å²) in [5.41, 5.74) is 1.72. The molecule has 1 aliphatic rings. The van der Waals surface area contributed by atoms with Crippen LogP contribution in [0.15, 0.2) is 29.9 Å². The zero-order valence-corrected chi connectivity index (χ0v) is 9.98. The molecule has 17 heavy (non-hydrogen) atoms. The molecule has 2 aromatic rings. The van der Waals surface area contributed by atoms with E-state index >= 15 is 0 Å². The summed E-state index contributed by atoms with van der Waals surface area (Å²) in [7, 11) is 0. The van der Waals surface area contributed by atoms with Crippen LogP contribution in [0.25, 0.3) is 10.6 Å². The molecule has 5 heteroatoms. The summed E-state index contributed by atoms with van der Waals surface area (Å²) in [6.07, 6.45) is 3.51. The first-order chi connectivity index (χ1) is 8.34. The summed E-state index contributed by atoms with van der Waals surface area (Å²) in [6, 6.07) is 3.87. The summed E-state index contributed by atoms with van der Waals surface area (Å²) < 4.78 is 5.19. The zero-order valence-electron chi connectivity index (χ0n) is 9.17. The third-order valence-corrected chi connectivity index (χ3v) is 3.93. The summed E-state index contributed by atoms with van der Waals surface area (Å²) in [5, 5.41) is 12.4. The quantitative estimate of drug-likeness (QED) is 0.893. The van der Waals surface area contributed by atoms with Crippen molar-refractivity contribution in [2.24, 2.45) is 0 Å². The number of hydrogen-bond donors (Lipinski definition) is 1. The lowest BCUT2D eigenvalue weighted by Gasteiger charge is -2.38. The fraction of sp³-hybridized carbons (Fsp3) is 0.333. The van der Waals surface area contributed by atoms with Crippen LogP contribution in [0.3, 0.4) is 0 Å². The molecule has 1 saturated heterocycles. The summed E-state index contributed by atoms with van der Waals surface area (Å²) in [6.45, 7) is 1.21. The van der Waals surface area contributed by atoms with Gasteiger partial charge in [-0.3, -0.25) is 4.98 Å². The van der Waals surface area contributed by atoms with E-state index in [4.69, 9.17) is 4.74 Å². The number of aliphatic hydroxyl groups is 1. The van der Waals surface area contributed by atoms with Crippen molar-refractivity contribution >= 4 is 11.3 Å². The Morgan fingerprint density at radius 3 is 2.71 bits per heavy atom. The highest BCUT2D eigenvalue weighted by molar-refractivity contribution is 7.13. The van der Waals surface area contributed by atoms with Crippen molar-refractivity contribution in [3.05, 3.63) is 35.6 Å². The molecule has 0 aromatic carbocycles. The number of ether oxygens (including phenoxy) is 1. The van der Waals surface area contributed by atoms with E-state index in [2.05, 4.69) is 9.97 Å². The van der Waals surface area contributed by atoms with Gasteiger partial charge in [0.05, 0.1) is 30.9 Å². The van der Waals surface area contributed by atoms with Crippen molar-refractivity contribution in [2.45, 2.75) is 5.41 Å². The van der Waals surface area contributed by atoms with Crippen molar-refractivity contribution in [3.63, 3.8) is 0 Å². The SMILES string of the molecule is OCC1(c2csc(-c3ccncc3)n2)COC1. The van der Waals surface area contributed by atoms with Crippen LogP contribution in [0.2, 0.25) is 0 Å². The maximum Gasteiger partial charge on any atom is 0.123 e. The highest BCUT2D eigenvalue weighted by Gasteiger charge is 2.41. The molecule has 0 bridgehead atoms. The van der Waals surface area contributed by atoms with Gasteiger partial charge in [-0.2, -0.15) is 0 Å².